The Balaban J connectivity index is 1.19. The number of unbranched alkanes of at least 4 members (excludes halogenated alkanes) is 1. The highest BCUT2D eigenvalue weighted by molar-refractivity contribution is 7.15. The van der Waals surface area contributed by atoms with E-state index in [1.807, 2.05) is 0 Å². The summed E-state index contributed by atoms with van der Waals surface area (Å²) in [5, 5.41) is 23.5. The molecule has 9 nitrogen and oxygen atoms in total. The van der Waals surface area contributed by atoms with Crippen LogP contribution < -0.4 is 14.8 Å². The van der Waals surface area contributed by atoms with E-state index in [-0.39, 0.29) is 18.1 Å². The van der Waals surface area contributed by atoms with Gasteiger partial charge in [-0.05, 0) is 89.1 Å². The predicted molar refractivity (Wildman–Crippen MR) is 166 cm³/mol. The molecule has 1 N–H and O–H groups in total. The quantitative estimate of drug-likeness (QED) is 0.145. The van der Waals surface area contributed by atoms with Gasteiger partial charge in [-0.2, -0.15) is 0 Å². The fourth-order valence-electron chi connectivity index (χ4n) is 3.71. The van der Waals surface area contributed by atoms with Gasteiger partial charge in [0, 0.05) is 22.9 Å². The number of benzene rings is 2. The number of amides is 1. The number of rotatable bonds is 14. The van der Waals surface area contributed by atoms with Crippen molar-refractivity contribution in [1.29, 1.82) is 0 Å². The third kappa shape index (κ3) is 9.19. The first-order valence-corrected chi connectivity index (χ1v) is 15.7. The number of halogens is 2. The Hall–Kier alpha value is -3.12. The van der Waals surface area contributed by atoms with Gasteiger partial charge in [-0.3, -0.25) is 14.9 Å². The largest absolute Gasteiger partial charge is 0.480 e. The average Bonchev–Trinajstić information content (AvgIpc) is 3.58. The van der Waals surface area contributed by atoms with Crippen molar-refractivity contribution >= 4 is 62.7 Å². The van der Waals surface area contributed by atoms with Crippen molar-refractivity contribution in [3.8, 4) is 11.5 Å². The number of ether oxygens (including phenoxy) is 2. The highest BCUT2D eigenvalue weighted by Crippen LogP contribution is 2.25. The first-order valence-electron chi connectivity index (χ1n) is 13.3. The van der Waals surface area contributed by atoms with Crippen molar-refractivity contribution in [2.75, 3.05) is 5.32 Å². The third-order valence-electron chi connectivity index (χ3n) is 6.13. The van der Waals surface area contributed by atoms with E-state index < -0.39 is 11.2 Å². The van der Waals surface area contributed by atoms with Crippen LogP contribution in [0.2, 0.25) is 10.0 Å². The molecular weight excluding hydrogens is 617 g/mol. The lowest BCUT2D eigenvalue weighted by atomic mass is 10.0. The summed E-state index contributed by atoms with van der Waals surface area (Å²) in [4.78, 5) is 25.7. The van der Waals surface area contributed by atoms with E-state index >= 15 is 0 Å². The van der Waals surface area contributed by atoms with Gasteiger partial charge in [0.25, 0.3) is 5.91 Å². The molecule has 0 radical (unpaired) electrons. The van der Waals surface area contributed by atoms with Crippen LogP contribution in [0, 0.1) is 0 Å². The number of carbonyl (C=O) groups is 2. The molecule has 0 spiro atoms. The Morgan fingerprint density at radius 3 is 1.76 bits per heavy atom. The molecular formula is C29H31Cl2N5O4S2. The molecule has 0 aliphatic carbocycles. The van der Waals surface area contributed by atoms with E-state index in [9.17, 15) is 9.59 Å². The second kappa shape index (κ2) is 13.9. The molecule has 1 amide bonds. The van der Waals surface area contributed by atoms with E-state index in [4.69, 9.17) is 32.7 Å². The van der Waals surface area contributed by atoms with Gasteiger partial charge in [-0.1, -0.05) is 34.5 Å². The highest BCUT2D eigenvalue weighted by Gasteiger charge is 2.32. The maximum Gasteiger partial charge on any atom is 0.269 e. The minimum atomic E-state index is -1.12. The molecule has 2 aromatic carbocycles. The van der Waals surface area contributed by atoms with Crippen molar-refractivity contribution in [2.24, 2.45) is 0 Å². The monoisotopic (exact) mass is 647 g/mol. The van der Waals surface area contributed by atoms with Gasteiger partial charge >= 0.3 is 0 Å². The molecule has 0 fully saturated rings. The zero-order valence-electron chi connectivity index (χ0n) is 23.6. The number of nitrogens with one attached hydrogen (secondary N) is 1. The molecule has 13 heteroatoms. The predicted octanol–water partition coefficient (Wildman–Crippen LogP) is 7.03. The molecule has 0 saturated heterocycles. The first-order chi connectivity index (χ1) is 19.9. The highest BCUT2D eigenvalue weighted by atomic mass is 35.5. The van der Waals surface area contributed by atoms with E-state index in [2.05, 4.69) is 25.7 Å². The minimum absolute atomic E-state index is 0.0840. The summed E-state index contributed by atoms with van der Waals surface area (Å²) in [7, 11) is 0. The van der Waals surface area contributed by atoms with Crippen molar-refractivity contribution in [3.63, 3.8) is 0 Å². The second-order valence-electron chi connectivity index (χ2n) is 10.5. The molecule has 42 heavy (non-hydrogen) atoms. The molecule has 4 rings (SSSR count). The van der Waals surface area contributed by atoms with Crippen LogP contribution in [0.25, 0.3) is 0 Å². The zero-order chi connectivity index (χ0) is 30.3. The average molecular weight is 649 g/mol. The van der Waals surface area contributed by atoms with Crippen LogP contribution in [-0.2, 0) is 28.9 Å². The Morgan fingerprint density at radius 2 is 1.19 bits per heavy atom. The lowest BCUT2D eigenvalue weighted by molar-refractivity contribution is -0.131. The number of Topliss-reactive ketones (excluding diaryl/α,β-unsaturated/α-hetero) is 1. The summed E-state index contributed by atoms with van der Waals surface area (Å²) >= 11 is 14.6. The number of ketones is 1. The van der Waals surface area contributed by atoms with Crippen molar-refractivity contribution < 1.29 is 19.1 Å². The molecule has 0 aliphatic heterocycles. The molecule has 0 bridgehead atoms. The maximum atomic E-state index is 12.9. The smallest absolute Gasteiger partial charge is 0.269 e. The normalized spacial score (nSPS) is 11.8. The summed E-state index contributed by atoms with van der Waals surface area (Å²) in [6.45, 7) is 6.85. The molecule has 2 heterocycles. The Kier molecular flexibility index (Phi) is 10.5. The van der Waals surface area contributed by atoms with Crippen LogP contribution >= 0.6 is 45.9 Å². The van der Waals surface area contributed by atoms with Crippen LogP contribution in [0.15, 0.2) is 48.5 Å². The van der Waals surface area contributed by atoms with E-state index in [0.717, 1.165) is 35.7 Å². The van der Waals surface area contributed by atoms with Crippen LogP contribution in [0.4, 0.5) is 5.13 Å². The third-order valence-corrected chi connectivity index (χ3v) is 8.52. The van der Waals surface area contributed by atoms with Gasteiger partial charge in [-0.25, -0.2) is 0 Å². The lowest BCUT2D eigenvalue weighted by Crippen LogP contribution is -2.42. The van der Waals surface area contributed by atoms with E-state index in [0.29, 0.717) is 31.7 Å². The minimum Gasteiger partial charge on any atom is -0.480 e. The number of aromatic nitrogens is 4. The molecule has 0 saturated carbocycles. The molecule has 2 aromatic heterocycles. The van der Waals surface area contributed by atoms with E-state index in [1.54, 1.807) is 76.2 Å². The van der Waals surface area contributed by atoms with Crippen molar-refractivity contribution in [2.45, 2.75) is 71.0 Å². The second-order valence-corrected chi connectivity index (χ2v) is 13.6. The summed E-state index contributed by atoms with van der Waals surface area (Å²) in [6.07, 6.45) is 3.35. The SMILES string of the molecule is CC(C)(Oc1ccc(Cl)cc1)C(=O)Cc1nnc(CCCCc2nnc(NC(=O)C(C)(C)Oc3ccc(Cl)cc3)s2)s1. The molecule has 222 valence electrons. The molecule has 4 aromatic rings. The topological polar surface area (TPSA) is 116 Å². The summed E-state index contributed by atoms with van der Waals surface area (Å²) in [5.41, 5.74) is -2.14. The number of aryl methyl sites for hydroxylation is 2. The van der Waals surface area contributed by atoms with Gasteiger partial charge in [0.05, 0.1) is 6.42 Å². The van der Waals surface area contributed by atoms with Gasteiger partial charge in [0.1, 0.15) is 26.5 Å². The van der Waals surface area contributed by atoms with Gasteiger partial charge < -0.3 is 9.47 Å². The molecule has 0 unspecified atom stereocenters. The zero-order valence-corrected chi connectivity index (χ0v) is 26.8. The fraction of sp³-hybridized carbons (Fsp3) is 0.379. The Morgan fingerprint density at radius 1 is 0.714 bits per heavy atom. The molecule has 0 atom stereocenters. The first kappa shape index (κ1) is 31.8. The van der Waals surface area contributed by atoms with E-state index in [1.165, 1.54) is 22.7 Å². The van der Waals surface area contributed by atoms with Crippen LogP contribution in [0.1, 0.15) is 55.6 Å². The standard InChI is InChI=1S/C29H31Cl2N5O4S2/c1-28(2,39-20-13-9-18(30)10-14-20)22(37)17-25-35-33-23(41-25)7-5-6-8-24-34-36-27(42-24)32-26(38)29(3,4)40-21-15-11-19(31)12-16-21/h9-16H,5-8,17H2,1-4H3,(H,32,36,38). The number of carbonyl (C=O) groups excluding carboxylic acids is 2. The van der Waals surface area contributed by atoms with Gasteiger partial charge in [0.15, 0.2) is 17.0 Å². The summed E-state index contributed by atoms with van der Waals surface area (Å²) in [6, 6.07) is 13.7. The fourth-order valence-corrected chi connectivity index (χ4v) is 5.63. The van der Waals surface area contributed by atoms with Gasteiger partial charge in [-0.15, -0.1) is 31.7 Å². The molecule has 0 aliphatic rings. The van der Waals surface area contributed by atoms with Crippen LogP contribution in [-0.4, -0.2) is 43.3 Å². The Bertz CT molecular complexity index is 1390. The van der Waals surface area contributed by atoms with Crippen molar-refractivity contribution in [3.05, 3.63) is 73.6 Å². The number of hydrogen-bond donors (Lipinski definition) is 1. The number of nitrogens with zero attached hydrogens (tertiary/aromatic N) is 4. The summed E-state index contributed by atoms with van der Waals surface area (Å²) < 4.78 is 11.7. The maximum absolute atomic E-state index is 12.9. The van der Waals surface area contributed by atoms with Crippen LogP contribution in [0.5, 0.6) is 11.5 Å². The number of anilines is 1. The van der Waals surface area contributed by atoms with Crippen LogP contribution in [0.3, 0.4) is 0 Å². The van der Waals surface area contributed by atoms with Crippen molar-refractivity contribution in [1.82, 2.24) is 20.4 Å². The van der Waals surface area contributed by atoms with Gasteiger partial charge in [0.2, 0.25) is 5.13 Å². The summed E-state index contributed by atoms with van der Waals surface area (Å²) in [5.74, 6) is 0.705. The lowest BCUT2D eigenvalue weighted by Gasteiger charge is -2.24. The number of hydrogen-bond acceptors (Lipinski definition) is 10. The Labute approximate surface area is 262 Å².